The van der Waals surface area contributed by atoms with Gasteiger partial charge in [0.2, 0.25) is 0 Å². The smallest absolute Gasteiger partial charge is 0.142 e. The van der Waals surface area contributed by atoms with Crippen LogP contribution in [0.3, 0.4) is 0 Å². The molecule has 0 fully saturated rings. The maximum atomic E-state index is 7.14. The molecule has 0 aromatic heterocycles. The van der Waals surface area contributed by atoms with Gasteiger partial charge in [0, 0.05) is 0 Å². The van der Waals surface area contributed by atoms with Gasteiger partial charge in [-0.25, -0.2) is 0 Å². The summed E-state index contributed by atoms with van der Waals surface area (Å²) < 4.78 is 4.82. The molecular formula is CH12O2Si3. The van der Waals surface area contributed by atoms with Crippen LogP contribution in [0.5, 0.6) is 0 Å². The van der Waals surface area contributed by atoms with Crippen LogP contribution in [0.4, 0.5) is 0 Å². The predicted molar refractivity (Wildman–Crippen MR) is 37.6 cm³/mol. The minimum absolute atomic E-state index is 0.0139. The lowest BCUT2D eigenvalue weighted by Crippen LogP contribution is -1.82. The Morgan fingerprint density at radius 3 is 1.83 bits per heavy atom. The largest absolute Gasteiger partial charge is 0.468 e. The van der Waals surface area contributed by atoms with Crippen LogP contribution in [0.15, 0.2) is 0 Å². The normalized spacial score (nSPS) is 9.00. The summed E-state index contributed by atoms with van der Waals surface area (Å²) in [7, 11) is 1.24. The molecule has 0 radical (unpaired) electrons. The average Bonchev–Trinajstić information content (AvgIpc) is 1.72. The standard InChI is InChI=1S/CH8OSi2.H4OSi/c1-4-2-3;1-2/h4H2,1,3H3;1H,2H3. The van der Waals surface area contributed by atoms with E-state index >= 15 is 0 Å². The Kier molecular flexibility index (Phi) is 28.6. The molecule has 0 aromatic rings. The number of hydrogen-bond acceptors (Lipinski definition) is 2. The van der Waals surface area contributed by atoms with Gasteiger partial charge in [-0.1, -0.05) is 6.55 Å². The molecule has 0 atom stereocenters. The Labute approximate surface area is 46.9 Å². The molecule has 0 spiro atoms. The Balaban J connectivity index is 0. The molecule has 0 amide bonds. The van der Waals surface area contributed by atoms with E-state index in [0.29, 0.717) is 10.5 Å². The van der Waals surface area contributed by atoms with E-state index in [0.717, 1.165) is 10.5 Å². The second kappa shape index (κ2) is 17.6. The summed E-state index contributed by atoms with van der Waals surface area (Å²) >= 11 is 0. The number of hydrogen-bond donors (Lipinski definition) is 1. The third kappa shape index (κ3) is 23.6. The summed E-state index contributed by atoms with van der Waals surface area (Å²) in [5, 5.41) is 0. The summed E-state index contributed by atoms with van der Waals surface area (Å²) in [6, 6.07) is 0. The molecule has 0 bridgehead atoms. The maximum absolute atomic E-state index is 7.14. The fraction of sp³-hybridized carbons (Fsp3) is 1.00. The Morgan fingerprint density at radius 1 is 1.67 bits per heavy atom. The monoisotopic (exact) mass is 140 g/mol. The highest BCUT2D eigenvalue weighted by atomic mass is 28.3. The van der Waals surface area contributed by atoms with Crippen molar-refractivity contribution in [2.24, 2.45) is 0 Å². The van der Waals surface area contributed by atoms with Gasteiger partial charge in [0.25, 0.3) is 0 Å². The summed E-state index contributed by atoms with van der Waals surface area (Å²) in [4.78, 5) is 7.14. The van der Waals surface area contributed by atoms with Gasteiger partial charge in [0.05, 0.1) is 0 Å². The predicted octanol–water partition coefficient (Wildman–Crippen LogP) is -3.33. The van der Waals surface area contributed by atoms with Gasteiger partial charge in [0.1, 0.15) is 30.7 Å². The van der Waals surface area contributed by atoms with Gasteiger partial charge in [0.15, 0.2) is 0 Å². The Hall–Kier alpha value is 0.571. The maximum Gasteiger partial charge on any atom is 0.142 e. The van der Waals surface area contributed by atoms with E-state index in [1.165, 1.54) is 0 Å². The first-order valence-corrected chi connectivity index (χ1v) is 5.55. The van der Waals surface area contributed by atoms with Crippen molar-refractivity contribution in [3.8, 4) is 0 Å². The lowest BCUT2D eigenvalue weighted by molar-refractivity contribution is 0.629. The van der Waals surface area contributed by atoms with Gasteiger partial charge < -0.3 is 8.91 Å². The summed E-state index contributed by atoms with van der Waals surface area (Å²) in [6.07, 6.45) is 0. The van der Waals surface area contributed by atoms with Crippen LogP contribution in [0, 0.1) is 0 Å². The van der Waals surface area contributed by atoms with Crippen molar-refractivity contribution in [2.45, 2.75) is 6.55 Å². The van der Waals surface area contributed by atoms with Crippen molar-refractivity contribution in [2.75, 3.05) is 0 Å². The van der Waals surface area contributed by atoms with E-state index < -0.39 is 0 Å². The Morgan fingerprint density at radius 2 is 1.83 bits per heavy atom. The van der Waals surface area contributed by atoms with Crippen LogP contribution in [-0.4, -0.2) is 35.5 Å². The van der Waals surface area contributed by atoms with Crippen molar-refractivity contribution in [3.05, 3.63) is 0 Å². The third-order valence-corrected chi connectivity index (χ3v) is 2.60. The van der Waals surface area contributed by atoms with Crippen LogP contribution in [0.25, 0.3) is 0 Å². The minimum atomic E-state index is -0.0139. The van der Waals surface area contributed by atoms with E-state index in [9.17, 15) is 0 Å². The molecule has 0 saturated carbocycles. The van der Waals surface area contributed by atoms with Crippen LogP contribution < -0.4 is 0 Å². The molecule has 5 heteroatoms. The fourth-order valence-corrected chi connectivity index (χ4v) is 0. The molecular weight excluding hydrogens is 128 g/mol. The molecule has 0 aromatic carbocycles. The highest BCUT2D eigenvalue weighted by Crippen LogP contribution is 1.45. The molecule has 0 rings (SSSR count). The molecule has 2 nitrogen and oxygen atoms in total. The summed E-state index contributed by atoms with van der Waals surface area (Å²) in [5.41, 5.74) is 0. The molecule has 0 aliphatic carbocycles. The van der Waals surface area contributed by atoms with Crippen LogP contribution >= 0.6 is 0 Å². The molecule has 0 aliphatic heterocycles. The van der Waals surface area contributed by atoms with Crippen LogP contribution in [0.1, 0.15) is 0 Å². The zero-order valence-corrected chi connectivity index (χ0v) is 9.98. The SMILES string of the molecule is C[SiH2]O[SiH3].O[SiH3]. The van der Waals surface area contributed by atoms with Crippen LogP contribution in [0.2, 0.25) is 6.55 Å². The van der Waals surface area contributed by atoms with Gasteiger partial charge in [-0.2, -0.15) is 0 Å². The molecule has 0 heterocycles. The molecule has 0 unspecified atom stereocenters. The van der Waals surface area contributed by atoms with Gasteiger partial charge in [-0.05, 0) is 0 Å². The van der Waals surface area contributed by atoms with Crippen molar-refractivity contribution in [3.63, 3.8) is 0 Å². The molecule has 1 N–H and O–H groups in total. The zero-order chi connectivity index (χ0) is 5.41. The first-order chi connectivity index (χ1) is 2.91. The van der Waals surface area contributed by atoms with E-state index in [4.69, 9.17) is 8.91 Å². The highest BCUT2D eigenvalue weighted by molar-refractivity contribution is 6.32. The Bertz CT molecular complexity index is 10.8. The van der Waals surface area contributed by atoms with Crippen LogP contribution in [-0.2, 0) is 4.12 Å². The van der Waals surface area contributed by atoms with E-state index in [-0.39, 0.29) is 9.76 Å². The van der Waals surface area contributed by atoms with Gasteiger partial charge >= 0.3 is 0 Å². The van der Waals surface area contributed by atoms with E-state index in [1.807, 2.05) is 0 Å². The molecule has 6 heavy (non-hydrogen) atoms. The average molecular weight is 140 g/mol. The highest BCUT2D eigenvalue weighted by Gasteiger charge is 1.54. The lowest BCUT2D eigenvalue weighted by Gasteiger charge is -1.76. The minimum Gasteiger partial charge on any atom is -0.468 e. The second-order valence-electron chi connectivity index (χ2n) is 0.577. The van der Waals surface area contributed by atoms with Crippen molar-refractivity contribution in [1.82, 2.24) is 0 Å². The zero-order valence-electron chi connectivity index (χ0n) is 4.56. The van der Waals surface area contributed by atoms with Gasteiger partial charge in [-0.15, -0.1) is 0 Å². The van der Waals surface area contributed by atoms with Crippen molar-refractivity contribution < 1.29 is 8.91 Å². The summed E-state index contributed by atoms with van der Waals surface area (Å²) in [6.45, 7) is 2.13. The first kappa shape index (κ1) is 9.76. The van der Waals surface area contributed by atoms with Gasteiger partial charge in [-0.3, -0.25) is 0 Å². The van der Waals surface area contributed by atoms with E-state index in [1.54, 1.807) is 0 Å². The molecule has 0 saturated heterocycles. The second-order valence-corrected chi connectivity index (χ2v) is 3.46. The van der Waals surface area contributed by atoms with E-state index in [2.05, 4.69) is 6.55 Å². The third-order valence-electron chi connectivity index (χ3n) is 0.289. The molecule has 0 aliphatic rings. The van der Waals surface area contributed by atoms with Crippen molar-refractivity contribution >= 4 is 30.7 Å². The van der Waals surface area contributed by atoms with Crippen molar-refractivity contribution in [1.29, 1.82) is 0 Å². The quantitative estimate of drug-likeness (QED) is 0.386. The lowest BCUT2D eigenvalue weighted by atomic mass is 11.9. The number of rotatable bonds is 1. The fourth-order valence-electron chi connectivity index (χ4n) is 0. The molecule has 40 valence electrons. The summed E-state index contributed by atoms with van der Waals surface area (Å²) in [5.74, 6) is 0. The first-order valence-electron chi connectivity index (χ1n) is 1.85. The topological polar surface area (TPSA) is 29.5 Å².